The van der Waals surface area contributed by atoms with Crippen LogP contribution in [0.5, 0.6) is 11.5 Å². The summed E-state index contributed by atoms with van der Waals surface area (Å²) in [6.07, 6.45) is 2.49. The Balaban J connectivity index is 2.44. The molecule has 0 spiro atoms. The van der Waals surface area contributed by atoms with E-state index in [2.05, 4.69) is 11.9 Å². The molecule has 0 amide bonds. The SMILES string of the molecule is COc1ccc(Cl)c(OC)c1/C(C)=N/C1CCCN1C. The van der Waals surface area contributed by atoms with Crippen molar-refractivity contribution in [1.29, 1.82) is 0 Å². The predicted molar refractivity (Wildman–Crippen MR) is 82.4 cm³/mol. The molecule has 1 atom stereocenters. The van der Waals surface area contributed by atoms with E-state index < -0.39 is 0 Å². The van der Waals surface area contributed by atoms with Gasteiger partial charge in [-0.05, 0) is 45.5 Å². The van der Waals surface area contributed by atoms with E-state index >= 15 is 0 Å². The Morgan fingerprint density at radius 3 is 2.65 bits per heavy atom. The number of methoxy groups -OCH3 is 2. The molecule has 0 saturated carbocycles. The molecule has 1 aromatic carbocycles. The number of halogens is 1. The predicted octanol–water partition coefficient (Wildman–Crippen LogP) is 3.22. The van der Waals surface area contributed by atoms with E-state index in [1.54, 1.807) is 20.3 Å². The number of hydrogen-bond acceptors (Lipinski definition) is 4. The molecular formula is C15H21ClN2O2. The second-order valence-corrected chi connectivity index (χ2v) is 5.38. The van der Waals surface area contributed by atoms with Crippen LogP contribution in [-0.2, 0) is 0 Å². The van der Waals surface area contributed by atoms with Crippen LogP contribution in [0.15, 0.2) is 17.1 Å². The largest absolute Gasteiger partial charge is 0.496 e. The molecule has 0 radical (unpaired) electrons. The standard InChI is InChI=1S/C15H21ClN2O2/c1-10(17-13-6-5-9-18(13)2)14-12(19-3)8-7-11(16)15(14)20-4/h7-8,13H,5-6,9H2,1-4H3/b17-10+. The number of benzene rings is 1. The van der Waals surface area contributed by atoms with Gasteiger partial charge in [-0.15, -0.1) is 0 Å². The van der Waals surface area contributed by atoms with Crippen molar-refractivity contribution in [3.05, 3.63) is 22.7 Å². The van der Waals surface area contributed by atoms with Crippen LogP contribution >= 0.6 is 11.6 Å². The Hall–Kier alpha value is -1.26. The van der Waals surface area contributed by atoms with Gasteiger partial charge in [-0.3, -0.25) is 9.89 Å². The van der Waals surface area contributed by atoms with Crippen molar-refractivity contribution in [1.82, 2.24) is 4.90 Å². The summed E-state index contributed by atoms with van der Waals surface area (Å²) in [5, 5.41) is 0.567. The third kappa shape index (κ3) is 2.91. The lowest BCUT2D eigenvalue weighted by Crippen LogP contribution is -2.24. The maximum absolute atomic E-state index is 6.20. The van der Waals surface area contributed by atoms with Gasteiger partial charge < -0.3 is 9.47 Å². The number of hydrogen-bond donors (Lipinski definition) is 0. The maximum atomic E-state index is 6.20. The third-order valence-corrected chi connectivity index (χ3v) is 3.98. The van der Waals surface area contributed by atoms with Crippen molar-refractivity contribution in [3.8, 4) is 11.5 Å². The van der Waals surface area contributed by atoms with Gasteiger partial charge in [-0.1, -0.05) is 11.6 Å². The quantitative estimate of drug-likeness (QED) is 0.800. The normalized spacial score (nSPS) is 20.2. The van der Waals surface area contributed by atoms with Crippen molar-refractivity contribution in [3.63, 3.8) is 0 Å². The van der Waals surface area contributed by atoms with Gasteiger partial charge in [0.05, 0.1) is 24.8 Å². The highest BCUT2D eigenvalue weighted by atomic mass is 35.5. The molecule has 4 nitrogen and oxygen atoms in total. The Bertz CT molecular complexity index is 517. The van der Waals surface area contributed by atoms with Gasteiger partial charge >= 0.3 is 0 Å². The number of rotatable bonds is 4. The molecule has 1 aromatic rings. The number of aliphatic imine (C=N–C) groups is 1. The Kier molecular flexibility index (Phi) is 4.89. The van der Waals surface area contributed by atoms with Gasteiger partial charge in [-0.25, -0.2) is 0 Å². The van der Waals surface area contributed by atoms with Crippen molar-refractivity contribution >= 4 is 17.3 Å². The zero-order valence-corrected chi connectivity index (χ0v) is 13.2. The molecular weight excluding hydrogens is 276 g/mol. The van der Waals surface area contributed by atoms with Crippen LogP contribution in [0.4, 0.5) is 0 Å². The molecule has 20 heavy (non-hydrogen) atoms. The van der Waals surface area contributed by atoms with Crippen LogP contribution in [0, 0.1) is 0 Å². The lowest BCUT2D eigenvalue weighted by Gasteiger charge is -2.18. The van der Waals surface area contributed by atoms with Crippen LogP contribution in [0.3, 0.4) is 0 Å². The lowest BCUT2D eigenvalue weighted by atomic mass is 10.1. The number of nitrogens with zero attached hydrogens (tertiary/aromatic N) is 2. The van der Waals surface area contributed by atoms with Crippen LogP contribution < -0.4 is 9.47 Å². The molecule has 1 heterocycles. The van der Waals surface area contributed by atoms with Crippen molar-refractivity contribution in [2.24, 2.45) is 4.99 Å². The Morgan fingerprint density at radius 1 is 1.35 bits per heavy atom. The average molecular weight is 297 g/mol. The van der Waals surface area contributed by atoms with Gasteiger partial charge in [-0.2, -0.15) is 0 Å². The fourth-order valence-electron chi connectivity index (χ4n) is 2.60. The minimum Gasteiger partial charge on any atom is -0.496 e. The Labute approximate surface area is 125 Å². The molecule has 1 aliphatic rings. The zero-order chi connectivity index (χ0) is 14.7. The molecule has 1 fully saturated rings. The van der Waals surface area contributed by atoms with Crippen LogP contribution in [0.2, 0.25) is 5.02 Å². The molecule has 1 aliphatic heterocycles. The second kappa shape index (κ2) is 6.46. The molecule has 5 heteroatoms. The first-order chi connectivity index (χ1) is 9.58. The van der Waals surface area contributed by atoms with E-state index in [1.165, 1.54) is 6.42 Å². The molecule has 0 aromatic heterocycles. The lowest BCUT2D eigenvalue weighted by molar-refractivity contribution is 0.320. The Morgan fingerprint density at radius 2 is 2.10 bits per heavy atom. The molecule has 1 saturated heterocycles. The monoisotopic (exact) mass is 296 g/mol. The first-order valence-electron chi connectivity index (χ1n) is 6.74. The van der Waals surface area contributed by atoms with Crippen molar-refractivity contribution < 1.29 is 9.47 Å². The van der Waals surface area contributed by atoms with E-state index in [1.807, 2.05) is 13.0 Å². The summed E-state index contributed by atoms with van der Waals surface area (Å²) in [5.41, 5.74) is 1.72. The van der Waals surface area contributed by atoms with Crippen LogP contribution in [0.1, 0.15) is 25.3 Å². The fourth-order valence-corrected chi connectivity index (χ4v) is 2.83. The molecule has 0 N–H and O–H groups in total. The van der Waals surface area contributed by atoms with E-state index in [0.29, 0.717) is 10.8 Å². The minimum atomic E-state index is 0.225. The summed E-state index contributed by atoms with van der Waals surface area (Å²) in [6, 6.07) is 3.62. The highest BCUT2D eigenvalue weighted by molar-refractivity contribution is 6.33. The third-order valence-electron chi connectivity index (χ3n) is 3.68. The average Bonchev–Trinajstić information content (AvgIpc) is 2.83. The highest BCUT2D eigenvalue weighted by Gasteiger charge is 2.22. The zero-order valence-electron chi connectivity index (χ0n) is 12.4. The van der Waals surface area contributed by atoms with Gasteiger partial charge in [0.15, 0.2) is 0 Å². The summed E-state index contributed by atoms with van der Waals surface area (Å²) in [6.45, 7) is 3.06. The first-order valence-corrected chi connectivity index (χ1v) is 7.11. The molecule has 1 unspecified atom stereocenters. The van der Waals surface area contributed by atoms with E-state index in [4.69, 9.17) is 26.1 Å². The summed E-state index contributed by atoms with van der Waals surface area (Å²) in [4.78, 5) is 7.07. The van der Waals surface area contributed by atoms with Gasteiger partial charge in [0.1, 0.15) is 17.7 Å². The summed E-state index contributed by atoms with van der Waals surface area (Å²) >= 11 is 6.20. The summed E-state index contributed by atoms with van der Waals surface area (Å²) in [5.74, 6) is 1.35. The van der Waals surface area contributed by atoms with Crippen molar-refractivity contribution in [2.75, 3.05) is 27.8 Å². The van der Waals surface area contributed by atoms with Gasteiger partial charge in [0.25, 0.3) is 0 Å². The molecule has 0 aliphatic carbocycles. The maximum Gasteiger partial charge on any atom is 0.150 e. The van der Waals surface area contributed by atoms with Crippen molar-refractivity contribution in [2.45, 2.75) is 25.9 Å². The van der Waals surface area contributed by atoms with Crippen LogP contribution in [-0.4, -0.2) is 44.6 Å². The molecule has 2 rings (SSSR count). The van der Waals surface area contributed by atoms with E-state index in [-0.39, 0.29) is 6.17 Å². The minimum absolute atomic E-state index is 0.225. The van der Waals surface area contributed by atoms with Crippen LogP contribution in [0.25, 0.3) is 0 Å². The van der Waals surface area contributed by atoms with Gasteiger partial charge in [0, 0.05) is 5.71 Å². The smallest absolute Gasteiger partial charge is 0.150 e. The molecule has 0 bridgehead atoms. The van der Waals surface area contributed by atoms with Gasteiger partial charge in [0.2, 0.25) is 0 Å². The first kappa shape index (κ1) is 15.1. The fraction of sp³-hybridized carbons (Fsp3) is 0.533. The van der Waals surface area contributed by atoms with E-state index in [0.717, 1.165) is 30.0 Å². The second-order valence-electron chi connectivity index (χ2n) is 4.98. The number of ether oxygens (including phenoxy) is 2. The number of likely N-dealkylation sites (tertiary alicyclic amines) is 1. The highest BCUT2D eigenvalue weighted by Crippen LogP contribution is 2.36. The summed E-state index contributed by atoms with van der Waals surface area (Å²) in [7, 11) is 5.35. The molecule has 110 valence electrons. The summed E-state index contributed by atoms with van der Waals surface area (Å²) < 4.78 is 10.8. The topological polar surface area (TPSA) is 34.1 Å². The van der Waals surface area contributed by atoms with E-state index in [9.17, 15) is 0 Å².